The molecule has 1 aromatic heterocycles. The predicted molar refractivity (Wildman–Crippen MR) is 180 cm³/mol. The topological polar surface area (TPSA) is 172 Å². The molecule has 15 heteroatoms. The summed E-state index contributed by atoms with van der Waals surface area (Å²) >= 11 is 11.8. The van der Waals surface area contributed by atoms with Gasteiger partial charge in [-0.2, -0.15) is 4.91 Å². The van der Waals surface area contributed by atoms with E-state index in [9.17, 15) is 24.4 Å². The Hall–Kier alpha value is -3.10. The second-order valence-electron chi connectivity index (χ2n) is 13.2. The van der Waals surface area contributed by atoms with Gasteiger partial charge in [-0.1, -0.05) is 54.4 Å². The first kappa shape index (κ1) is 38.3. The molecule has 0 saturated carbocycles. The van der Waals surface area contributed by atoms with Crippen LogP contribution in [-0.2, 0) is 19.1 Å². The van der Waals surface area contributed by atoms with Crippen molar-refractivity contribution in [3.63, 3.8) is 0 Å². The van der Waals surface area contributed by atoms with Crippen molar-refractivity contribution in [2.45, 2.75) is 96.0 Å². The van der Waals surface area contributed by atoms with Crippen molar-refractivity contribution in [1.29, 1.82) is 0 Å². The van der Waals surface area contributed by atoms with E-state index in [1.165, 1.54) is 11.9 Å². The van der Waals surface area contributed by atoms with Crippen LogP contribution in [0, 0.1) is 16.2 Å². The molecule has 260 valence electrons. The molecule has 1 fully saturated rings. The minimum Gasteiger partial charge on any atom is -0.477 e. The number of nitrogens with zero attached hydrogens (tertiary/aromatic N) is 3. The van der Waals surface area contributed by atoms with Crippen molar-refractivity contribution in [3.05, 3.63) is 40.9 Å². The second kappa shape index (κ2) is 16.3. The Morgan fingerprint density at radius 2 is 1.81 bits per heavy atom. The standard InChI is InChI=1S/C32H46Cl2N6O7/c1-18(2)26(27(41)36-20(4)28(42)40-12-8-9-24(38-40)29(43)47-17-32(7,33)34)37-30(44)31(5,6)16-46-25-14-23-13-21(19(3)39-45)10-11-22(23)15-35-25/h10-11,13-15,18-20,24,26,28,38,42H,8-9,12,16-17H2,1-7H3,(H,36,41)(H,37,44)/t19-,20+,24+,26+,28?/m1/s1. The molecule has 1 aromatic carbocycles. The third kappa shape index (κ3) is 11.0. The third-order valence-electron chi connectivity index (χ3n) is 7.89. The zero-order valence-corrected chi connectivity index (χ0v) is 29.4. The van der Waals surface area contributed by atoms with Gasteiger partial charge < -0.3 is 25.2 Å². The SMILES string of the molecule is CC(C)[C@H](NC(=O)C(C)(C)COc1cc2cc([C@@H](C)N=O)ccc2cn1)C(=O)N[C@@H](C)C(O)N1CCC[C@@H](C(=O)OCC(C)(Cl)Cl)N1. The van der Waals surface area contributed by atoms with Crippen molar-refractivity contribution in [2.75, 3.05) is 19.8 Å². The van der Waals surface area contributed by atoms with Crippen molar-refractivity contribution < 1.29 is 29.0 Å². The van der Waals surface area contributed by atoms with E-state index >= 15 is 0 Å². The highest BCUT2D eigenvalue weighted by atomic mass is 35.5. The number of hydrogen-bond acceptors (Lipinski definition) is 11. The van der Waals surface area contributed by atoms with Crippen LogP contribution < -0.4 is 20.8 Å². The van der Waals surface area contributed by atoms with Gasteiger partial charge in [-0.15, -0.1) is 0 Å². The minimum absolute atomic E-state index is 0.0237. The van der Waals surface area contributed by atoms with E-state index in [-0.39, 0.29) is 19.1 Å². The monoisotopic (exact) mass is 696 g/mol. The number of hydrazine groups is 1. The highest BCUT2D eigenvalue weighted by molar-refractivity contribution is 6.48. The quantitative estimate of drug-likeness (QED) is 0.121. The van der Waals surface area contributed by atoms with Crippen LogP contribution in [0.2, 0.25) is 0 Å². The highest BCUT2D eigenvalue weighted by Gasteiger charge is 2.36. The number of esters is 1. The largest absolute Gasteiger partial charge is 0.477 e. The fraction of sp³-hybridized carbons (Fsp3) is 0.625. The summed E-state index contributed by atoms with van der Waals surface area (Å²) in [4.78, 5) is 54.5. The summed E-state index contributed by atoms with van der Waals surface area (Å²) in [6.45, 7) is 12.1. The molecule has 1 saturated heterocycles. The highest BCUT2D eigenvalue weighted by Crippen LogP contribution is 2.26. The van der Waals surface area contributed by atoms with Gasteiger partial charge in [-0.05, 0) is 70.4 Å². The molecular formula is C32H46Cl2N6O7. The molecule has 1 unspecified atom stereocenters. The summed E-state index contributed by atoms with van der Waals surface area (Å²) in [7, 11) is 0. The Labute approximate surface area is 285 Å². The number of alkyl halides is 2. The maximum absolute atomic E-state index is 13.4. The fourth-order valence-corrected chi connectivity index (χ4v) is 4.97. The molecule has 2 amide bonds. The fourth-order valence-electron chi connectivity index (χ4n) is 4.86. The average molecular weight is 698 g/mol. The summed E-state index contributed by atoms with van der Waals surface area (Å²) in [5.74, 6) is -1.40. The first-order chi connectivity index (χ1) is 21.9. The molecule has 2 aromatic rings. The lowest BCUT2D eigenvalue weighted by Crippen LogP contribution is -2.63. The normalized spacial score (nSPS) is 18.6. The van der Waals surface area contributed by atoms with Gasteiger partial charge in [0.1, 0.15) is 41.9 Å². The van der Waals surface area contributed by atoms with E-state index in [4.69, 9.17) is 32.7 Å². The summed E-state index contributed by atoms with van der Waals surface area (Å²) in [6, 6.07) is 4.39. The first-order valence-electron chi connectivity index (χ1n) is 15.6. The van der Waals surface area contributed by atoms with Crippen molar-refractivity contribution in [1.82, 2.24) is 26.1 Å². The maximum atomic E-state index is 13.4. The van der Waals surface area contributed by atoms with Gasteiger partial charge in [0.15, 0.2) is 0 Å². The number of fused-ring (bicyclic) bond motifs is 1. The number of carbonyl (C=O) groups is 3. The number of nitrogens with one attached hydrogen (secondary N) is 3. The Bertz CT molecular complexity index is 1420. The van der Waals surface area contributed by atoms with E-state index in [1.54, 1.807) is 53.8 Å². The molecular weight excluding hydrogens is 651 g/mol. The summed E-state index contributed by atoms with van der Waals surface area (Å²) in [5, 5.41) is 22.9. The Balaban J connectivity index is 1.58. The van der Waals surface area contributed by atoms with Gasteiger partial charge in [0.25, 0.3) is 0 Å². The molecule has 0 radical (unpaired) electrons. The number of halogens is 2. The van der Waals surface area contributed by atoms with E-state index in [1.807, 2.05) is 18.2 Å². The number of amides is 2. The van der Waals surface area contributed by atoms with E-state index in [2.05, 4.69) is 26.2 Å². The van der Waals surface area contributed by atoms with Gasteiger partial charge >= 0.3 is 5.97 Å². The number of carbonyl (C=O) groups excluding carboxylic acids is 3. The lowest BCUT2D eigenvalue weighted by molar-refractivity contribution is -0.154. The molecule has 4 N–H and O–H groups in total. The molecule has 1 aliphatic heterocycles. The molecule has 0 bridgehead atoms. The zero-order chi connectivity index (χ0) is 35.1. The van der Waals surface area contributed by atoms with Crippen LogP contribution in [0.4, 0.5) is 0 Å². The first-order valence-corrected chi connectivity index (χ1v) is 16.4. The second-order valence-corrected chi connectivity index (χ2v) is 15.0. The molecule has 1 aliphatic rings. The van der Waals surface area contributed by atoms with Gasteiger partial charge in [0, 0.05) is 24.2 Å². The van der Waals surface area contributed by atoms with Gasteiger partial charge in [-0.25, -0.2) is 15.4 Å². The van der Waals surface area contributed by atoms with Crippen LogP contribution >= 0.6 is 23.2 Å². The van der Waals surface area contributed by atoms with E-state index < -0.39 is 57.9 Å². The number of aliphatic hydroxyl groups is 1. The molecule has 0 aliphatic carbocycles. The van der Waals surface area contributed by atoms with Crippen LogP contribution in [-0.4, -0.2) is 81.3 Å². The summed E-state index contributed by atoms with van der Waals surface area (Å²) in [5.41, 5.74) is 2.68. The summed E-state index contributed by atoms with van der Waals surface area (Å²) in [6.07, 6.45) is 1.55. The van der Waals surface area contributed by atoms with E-state index in [0.717, 1.165) is 16.3 Å². The van der Waals surface area contributed by atoms with Crippen LogP contribution in [0.5, 0.6) is 5.88 Å². The zero-order valence-electron chi connectivity index (χ0n) is 27.9. The molecule has 0 spiro atoms. The molecule has 3 rings (SSSR count). The minimum atomic E-state index is -1.22. The van der Waals surface area contributed by atoms with Gasteiger partial charge in [0.05, 0.1) is 11.5 Å². The molecule has 13 nitrogen and oxygen atoms in total. The number of benzene rings is 1. The van der Waals surface area contributed by atoms with Gasteiger partial charge in [0.2, 0.25) is 17.7 Å². The number of aliphatic hydroxyl groups excluding tert-OH is 1. The number of nitroso groups, excluding NO2 is 1. The number of rotatable bonds is 15. The van der Waals surface area contributed by atoms with Crippen LogP contribution in [0.3, 0.4) is 0 Å². The van der Waals surface area contributed by atoms with Crippen molar-refractivity contribution in [3.8, 4) is 5.88 Å². The third-order valence-corrected chi connectivity index (χ3v) is 8.11. The van der Waals surface area contributed by atoms with E-state index in [0.29, 0.717) is 25.3 Å². The molecule has 2 heterocycles. The van der Waals surface area contributed by atoms with Crippen LogP contribution in [0.25, 0.3) is 10.8 Å². The molecule has 47 heavy (non-hydrogen) atoms. The molecule has 5 atom stereocenters. The number of ether oxygens (including phenoxy) is 2. The Kier molecular flexibility index (Phi) is 13.3. The predicted octanol–water partition coefficient (Wildman–Crippen LogP) is 4.14. The van der Waals surface area contributed by atoms with Crippen molar-refractivity contribution >= 4 is 51.8 Å². The van der Waals surface area contributed by atoms with Gasteiger partial charge in [-0.3, -0.25) is 14.4 Å². The van der Waals surface area contributed by atoms with Crippen molar-refractivity contribution in [2.24, 2.45) is 16.5 Å². The lowest BCUT2D eigenvalue weighted by Gasteiger charge is -2.38. The lowest BCUT2D eigenvalue weighted by atomic mass is 9.92. The van der Waals surface area contributed by atoms with Crippen LogP contribution in [0.1, 0.15) is 72.9 Å². The Morgan fingerprint density at radius 1 is 1.11 bits per heavy atom. The number of pyridine rings is 1. The van der Waals surface area contributed by atoms with Crippen LogP contribution in [0.15, 0.2) is 35.6 Å². The average Bonchev–Trinajstić information content (AvgIpc) is 3.03. The Morgan fingerprint density at radius 3 is 2.45 bits per heavy atom. The number of aromatic nitrogens is 1. The smallest absolute Gasteiger partial charge is 0.324 e. The summed E-state index contributed by atoms with van der Waals surface area (Å²) < 4.78 is 9.87. The number of hydrogen-bond donors (Lipinski definition) is 4. The maximum Gasteiger partial charge on any atom is 0.324 e.